The number of fused-ring (bicyclic) bond motifs is 7. The topological polar surface area (TPSA) is 55.8 Å². The molecule has 1 aliphatic heterocycles. The zero-order chi connectivity index (χ0) is 21.1. The smallest absolute Gasteiger partial charge is 0.213 e. The van der Waals surface area contributed by atoms with E-state index in [2.05, 4.69) is 0 Å². The van der Waals surface area contributed by atoms with Crippen molar-refractivity contribution in [2.24, 2.45) is 22.7 Å². The molecule has 0 radical (unpaired) electrons. The van der Waals surface area contributed by atoms with E-state index in [1.54, 1.807) is 0 Å². The fourth-order valence-electron chi connectivity index (χ4n) is 7.26. The van der Waals surface area contributed by atoms with Gasteiger partial charge >= 0.3 is 0 Å². The Bertz CT molecular complexity index is 853. The van der Waals surface area contributed by atoms with Crippen LogP contribution in [0.3, 0.4) is 0 Å². The van der Waals surface area contributed by atoms with Crippen LogP contribution in [0.4, 0.5) is 13.2 Å². The number of alkyl halides is 2. The van der Waals surface area contributed by atoms with Gasteiger partial charge in [0.2, 0.25) is 5.78 Å². The van der Waals surface area contributed by atoms with Crippen molar-refractivity contribution in [1.29, 1.82) is 0 Å². The van der Waals surface area contributed by atoms with E-state index < -0.39 is 57.7 Å². The molecule has 0 bridgehead atoms. The highest BCUT2D eigenvalue weighted by molar-refractivity contribution is 6.04. The number of aliphatic hydroxyl groups excluding tert-OH is 1. The van der Waals surface area contributed by atoms with Crippen molar-refractivity contribution in [3.63, 3.8) is 0 Å². The Kier molecular flexibility index (Phi) is 3.77. The molecular weight excluding hydrogens is 385 g/mol. The van der Waals surface area contributed by atoms with Crippen LogP contribution >= 0.6 is 0 Å². The standard InChI is InChI=1S/C22H27F3O4/c1-19(2)28-14-8-10-11-7-12(23)16-17(24)13(26)5-6-21(16,4)22(11,25)15(27)9-20(10,3)18(14)29-19/h5-6,10-12,14-15,18,27H,7-9H2,1-4H3/t10-,11-,12-,14+,15-,18+,20-,21-,22-/m0/s1. The molecule has 1 heterocycles. The second-order valence-corrected chi connectivity index (χ2v) is 10.4. The summed E-state index contributed by atoms with van der Waals surface area (Å²) in [6.07, 6.45) is -1.24. The van der Waals surface area contributed by atoms with E-state index in [9.17, 15) is 14.3 Å². The van der Waals surface area contributed by atoms with E-state index in [0.29, 0.717) is 6.42 Å². The minimum Gasteiger partial charge on any atom is -0.390 e. The van der Waals surface area contributed by atoms with Crippen LogP contribution in [0.25, 0.3) is 0 Å². The Morgan fingerprint density at radius 2 is 1.83 bits per heavy atom. The highest BCUT2D eigenvalue weighted by Crippen LogP contribution is 2.70. The summed E-state index contributed by atoms with van der Waals surface area (Å²) in [5.41, 5.74) is -5.04. The number of aliphatic hydroxyl groups is 1. The van der Waals surface area contributed by atoms with Crippen LogP contribution in [-0.4, -0.2) is 46.8 Å². The number of ether oxygens (including phenoxy) is 2. The van der Waals surface area contributed by atoms with Crippen molar-refractivity contribution in [2.45, 2.75) is 82.9 Å². The molecule has 1 saturated heterocycles. The maximum atomic E-state index is 16.9. The summed E-state index contributed by atoms with van der Waals surface area (Å²) in [4.78, 5) is 11.8. The highest BCUT2D eigenvalue weighted by Gasteiger charge is 2.75. The Hall–Kier alpha value is -1.18. The summed E-state index contributed by atoms with van der Waals surface area (Å²) in [7, 11) is 0. The number of halogens is 3. The van der Waals surface area contributed by atoms with Gasteiger partial charge in [-0.1, -0.05) is 13.0 Å². The van der Waals surface area contributed by atoms with Crippen molar-refractivity contribution < 1.29 is 32.5 Å². The van der Waals surface area contributed by atoms with Crippen LogP contribution in [0.5, 0.6) is 0 Å². The predicted molar refractivity (Wildman–Crippen MR) is 97.9 cm³/mol. The van der Waals surface area contributed by atoms with Gasteiger partial charge in [-0.3, -0.25) is 4.79 Å². The van der Waals surface area contributed by atoms with Crippen molar-refractivity contribution in [3.05, 3.63) is 23.6 Å². The zero-order valence-corrected chi connectivity index (χ0v) is 17.0. The van der Waals surface area contributed by atoms with Crippen molar-refractivity contribution in [1.82, 2.24) is 0 Å². The van der Waals surface area contributed by atoms with Crippen molar-refractivity contribution in [2.75, 3.05) is 0 Å². The lowest BCUT2D eigenvalue weighted by molar-refractivity contribution is -0.230. The summed E-state index contributed by atoms with van der Waals surface area (Å²) in [5.74, 6) is -4.06. The van der Waals surface area contributed by atoms with Crippen LogP contribution in [-0.2, 0) is 14.3 Å². The van der Waals surface area contributed by atoms with Gasteiger partial charge in [0.1, 0.15) is 6.17 Å². The Morgan fingerprint density at radius 3 is 2.52 bits per heavy atom. The molecule has 0 aromatic carbocycles. The third kappa shape index (κ3) is 2.19. The lowest BCUT2D eigenvalue weighted by Gasteiger charge is -2.62. The van der Waals surface area contributed by atoms with E-state index >= 15 is 8.78 Å². The number of carbonyl (C=O) groups is 1. The van der Waals surface area contributed by atoms with Crippen LogP contribution in [0.2, 0.25) is 0 Å². The third-order valence-electron chi connectivity index (χ3n) is 8.46. The first-order valence-electron chi connectivity index (χ1n) is 10.4. The molecule has 0 aromatic heterocycles. The van der Waals surface area contributed by atoms with Crippen LogP contribution in [0.15, 0.2) is 23.6 Å². The fraction of sp³-hybridized carbons (Fsp3) is 0.773. The van der Waals surface area contributed by atoms with E-state index in [4.69, 9.17) is 9.47 Å². The number of hydrogen-bond acceptors (Lipinski definition) is 4. The molecule has 5 rings (SSSR count). The van der Waals surface area contributed by atoms with Crippen molar-refractivity contribution in [3.8, 4) is 0 Å². The molecule has 0 amide bonds. The predicted octanol–water partition coefficient (Wildman–Crippen LogP) is 3.73. The average molecular weight is 412 g/mol. The summed E-state index contributed by atoms with van der Waals surface area (Å²) >= 11 is 0. The fourth-order valence-corrected chi connectivity index (χ4v) is 7.26. The largest absolute Gasteiger partial charge is 0.390 e. The summed E-state index contributed by atoms with van der Waals surface area (Å²) in [6.45, 7) is 7.01. The van der Waals surface area contributed by atoms with Gasteiger partial charge in [0.05, 0.1) is 18.3 Å². The van der Waals surface area contributed by atoms with Gasteiger partial charge < -0.3 is 14.6 Å². The monoisotopic (exact) mass is 412 g/mol. The number of hydrogen-bond donors (Lipinski definition) is 1. The van der Waals surface area contributed by atoms with Crippen molar-refractivity contribution >= 4 is 5.78 Å². The SMILES string of the molecule is CC1(C)O[C@@H]2[C@@H](C[C@H]3[C@@H]4C[C@H](F)C5=C(F)C(=O)C=C[C@]5(C)[C@@]4(F)[C@@H](O)C[C@]23C)O1. The van der Waals surface area contributed by atoms with Crippen LogP contribution < -0.4 is 0 Å². The second-order valence-electron chi connectivity index (χ2n) is 10.4. The minimum atomic E-state index is -2.28. The molecule has 7 heteroatoms. The zero-order valence-electron chi connectivity index (χ0n) is 17.0. The Balaban J connectivity index is 1.62. The molecule has 3 saturated carbocycles. The molecule has 29 heavy (non-hydrogen) atoms. The van der Waals surface area contributed by atoms with Crippen LogP contribution in [0, 0.1) is 22.7 Å². The Labute approximate surface area is 168 Å². The van der Waals surface area contributed by atoms with E-state index in [-0.39, 0.29) is 31.0 Å². The highest BCUT2D eigenvalue weighted by atomic mass is 19.2. The van der Waals surface area contributed by atoms with Gasteiger partial charge in [0.25, 0.3) is 0 Å². The molecule has 160 valence electrons. The number of rotatable bonds is 0. The third-order valence-corrected chi connectivity index (χ3v) is 8.46. The van der Waals surface area contributed by atoms with Gasteiger partial charge in [-0.15, -0.1) is 0 Å². The van der Waals surface area contributed by atoms with Gasteiger partial charge in [0.15, 0.2) is 17.3 Å². The lowest BCUT2D eigenvalue weighted by atomic mass is 9.45. The minimum absolute atomic E-state index is 0.106. The summed E-state index contributed by atoms with van der Waals surface area (Å²) in [5, 5.41) is 11.1. The van der Waals surface area contributed by atoms with Gasteiger partial charge in [-0.05, 0) is 52.0 Å². The molecule has 0 unspecified atom stereocenters. The first-order chi connectivity index (χ1) is 13.3. The number of allylic oxidation sites excluding steroid dienone is 4. The molecule has 9 atom stereocenters. The van der Waals surface area contributed by atoms with Gasteiger partial charge in [-0.25, -0.2) is 13.2 Å². The molecule has 1 N–H and O–H groups in total. The Morgan fingerprint density at radius 1 is 1.14 bits per heavy atom. The van der Waals surface area contributed by atoms with Gasteiger partial charge in [-0.2, -0.15) is 0 Å². The first-order valence-corrected chi connectivity index (χ1v) is 10.4. The molecule has 5 aliphatic rings. The normalized spacial score (nSPS) is 55.4. The maximum Gasteiger partial charge on any atom is 0.213 e. The molecule has 4 fully saturated rings. The summed E-state index contributed by atoms with van der Waals surface area (Å²) < 4.78 is 58.9. The van der Waals surface area contributed by atoms with E-state index in [0.717, 1.165) is 6.08 Å². The molecule has 4 nitrogen and oxygen atoms in total. The molecule has 0 aromatic rings. The molecule has 0 spiro atoms. The average Bonchev–Trinajstić information content (AvgIpc) is 3.05. The molecule has 4 aliphatic carbocycles. The number of carbonyl (C=O) groups excluding carboxylic acids is 1. The summed E-state index contributed by atoms with van der Waals surface area (Å²) in [6, 6.07) is 0. The van der Waals surface area contributed by atoms with E-state index in [1.165, 1.54) is 13.0 Å². The van der Waals surface area contributed by atoms with Crippen LogP contribution in [0.1, 0.15) is 47.0 Å². The number of ketones is 1. The second kappa shape index (κ2) is 5.54. The van der Waals surface area contributed by atoms with E-state index in [1.807, 2.05) is 20.8 Å². The first kappa shape index (κ1) is 19.8. The lowest BCUT2D eigenvalue weighted by Crippen LogP contribution is -2.68. The molecular formula is C22H27F3O4. The quantitative estimate of drug-likeness (QED) is 0.659. The van der Waals surface area contributed by atoms with Gasteiger partial charge in [0, 0.05) is 22.3 Å². The maximum absolute atomic E-state index is 16.9.